The molecule has 0 aliphatic heterocycles. The average molecular weight is 1400 g/mol. The van der Waals surface area contributed by atoms with Gasteiger partial charge in [0, 0.05) is 131 Å². The first-order valence-corrected chi connectivity index (χ1v) is 40.4. The van der Waals surface area contributed by atoms with Gasteiger partial charge >= 0.3 is 71.0 Å². The lowest BCUT2D eigenvalue weighted by Crippen LogP contribution is -2.47. The molecule has 0 saturated carbocycles. The highest BCUT2D eigenvalue weighted by molar-refractivity contribution is 6.61. The van der Waals surface area contributed by atoms with Gasteiger partial charge < -0.3 is 97.9 Å². The van der Waals surface area contributed by atoms with Crippen molar-refractivity contribution in [1.29, 1.82) is 0 Å². The third-order valence-electron chi connectivity index (χ3n) is 11.8. The zero-order valence-corrected chi connectivity index (χ0v) is 64.3. The predicted octanol–water partition coefficient (Wildman–Crippen LogP) is 8.71. The minimum absolute atomic E-state index is 0.0579. The van der Waals surface area contributed by atoms with Crippen molar-refractivity contribution in [2.45, 2.75) is 191 Å². The number of hydrogen-bond acceptors (Lipinski definition) is 27. The summed E-state index contributed by atoms with van der Waals surface area (Å²) in [4.78, 5) is 66.7. The van der Waals surface area contributed by atoms with E-state index in [1.54, 1.807) is 70.4 Å². The monoisotopic (exact) mass is 1400 g/mol. The zero-order chi connectivity index (χ0) is 71.2. The highest BCUT2D eigenvalue weighted by atomic mass is 28.4. The molecule has 0 saturated heterocycles. The van der Waals surface area contributed by atoms with Gasteiger partial charge in [-0.15, -0.1) is 0 Å². The largest absolute Gasteiger partial charge is 0.500 e. The van der Waals surface area contributed by atoms with Crippen molar-refractivity contribution in [2.75, 3.05) is 148 Å². The summed E-state index contributed by atoms with van der Waals surface area (Å²) in [5, 5.41) is 6.28. The summed E-state index contributed by atoms with van der Waals surface area (Å²) < 4.78 is 94.8. The molecule has 0 aliphatic rings. The van der Waals surface area contributed by atoms with Gasteiger partial charge in [-0.1, -0.05) is 46.6 Å². The van der Waals surface area contributed by atoms with Gasteiger partial charge in [-0.05, 0) is 127 Å². The van der Waals surface area contributed by atoms with E-state index in [0.717, 1.165) is 88.2 Å². The number of unbranched alkanes of at least 4 members (excludes halogenated alkanes) is 3. The van der Waals surface area contributed by atoms with Crippen LogP contribution in [0.4, 0.5) is 0 Å². The molecule has 0 heterocycles. The number of carbonyl (C=O) groups is 6. The summed E-state index contributed by atoms with van der Waals surface area (Å²) in [6, 6.07) is 2.39. The van der Waals surface area contributed by atoms with Crippen molar-refractivity contribution in [2.24, 2.45) is 5.73 Å². The second-order valence-corrected chi connectivity index (χ2v) is 30.3. The van der Waals surface area contributed by atoms with E-state index in [-0.39, 0.29) is 31.6 Å². The molecule has 0 spiro atoms. The molecule has 0 fully saturated rings. The van der Waals surface area contributed by atoms with Crippen LogP contribution < -0.4 is 16.4 Å². The first kappa shape index (κ1) is 99.6. The summed E-state index contributed by atoms with van der Waals surface area (Å²) >= 11 is 0. The SMILES string of the molecule is C=CC(=O)OCCCC.CCCCOC(=O)CCNCCC[Si](OC)(OC)OC.CCCC[Si](OC)(OC)OC.CCOC(=O)/C=C\C(=O)OCC.CCOC(=O)CC(NCCC[Si](OCC)(OCC)OCC)C(=O)OCC.CCO[Si](CCCN)(OCC)OCC. The molecule has 1 unspecified atom stereocenters. The minimum Gasteiger partial charge on any atom is -0.466 e. The molecular weight excluding hydrogens is 1270 g/mol. The van der Waals surface area contributed by atoms with E-state index in [4.69, 9.17) is 73.1 Å². The van der Waals surface area contributed by atoms with E-state index in [9.17, 15) is 28.8 Å². The van der Waals surface area contributed by atoms with Gasteiger partial charge in [-0.2, -0.15) is 0 Å². The molecule has 0 radical (unpaired) electrons. The van der Waals surface area contributed by atoms with Crippen LogP contribution >= 0.6 is 0 Å². The Labute approximate surface area is 559 Å². The molecule has 548 valence electrons. The van der Waals surface area contributed by atoms with Crippen LogP contribution in [-0.4, -0.2) is 225 Å². The molecule has 0 aromatic carbocycles. The Balaban J connectivity index is -0.000000251. The van der Waals surface area contributed by atoms with Gasteiger partial charge in [-0.3, -0.25) is 14.4 Å². The van der Waals surface area contributed by atoms with E-state index in [1.165, 1.54) is 6.08 Å². The average Bonchev–Trinajstić information content (AvgIpc) is 2.22. The van der Waals surface area contributed by atoms with Gasteiger partial charge in [0.25, 0.3) is 0 Å². The summed E-state index contributed by atoms with van der Waals surface area (Å²) in [5.41, 5.74) is 5.48. The zero-order valence-electron chi connectivity index (χ0n) is 60.3. The van der Waals surface area contributed by atoms with Crippen molar-refractivity contribution in [1.82, 2.24) is 10.6 Å². The summed E-state index contributed by atoms with van der Waals surface area (Å²) in [6.07, 6.45) is 12.3. The Morgan fingerprint density at radius 2 is 0.772 bits per heavy atom. The van der Waals surface area contributed by atoms with E-state index in [2.05, 4.69) is 45.3 Å². The predicted molar refractivity (Wildman–Crippen MR) is 363 cm³/mol. The Morgan fingerprint density at radius 3 is 1.13 bits per heavy atom. The maximum Gasteiger partial charge on any atom is 0.500 e. The topological polar surface area (TPSA) is 319 Å². The Kier molecular flexibility index (Phi) is 77.8. The fourth-order valence-corrected chi connectivity index (χ4v) is 16.2. The van der Waals surface area contributed by atoms with Crippen molar-refractivity contribution < 1.29 is 110 Å². The molecule has 1 atom stereocenters. The second-order valence-electron chi connectivity index (χ2n) is 18.7. The van der Waals surface area contributed by atoms with Crippen molar-refractivity contribution in [3.05, 3.63) is 24.8 Å². The number of carbonyl (C=O) groups excluding carboxylic acids is 6. The molecule has 92 heavy (non-hydrogen) atoms. The smallest absolute Gasteiger partial charge is 0.466 e. The van der Waals surface area contributed by atoms with Gasteiger partial charge in [0.2, 0.25) is 0 Å². The van der Waals surface area contributed by atoms with Crippen LogP contribution in [0.2, 0.25) is 24.2 Å². The molecule has 0 rings (SSSR count). The highest BCUT2D eigenvalue weighted by Crippen LogP contribution is 2.20. The van der Waals surface area contributed by atoms with E-state index < -0.39 is 65.1 Å². The number of nitrogens with two attached hydrogens (primary N) is 1. The fourth-order valence-electron chi connectivity index (χ4n) is 7.32. The normalized spacial score (nSPS) is 11.5. The number of nitrogens with one attached hydrogen (secondary N) is 2. The maximum atomic E-state index is 12.0. The molecule has 0 aromatic rings. The maximum absolute atomic E-state index is 12.0. The van der Waals surface area contributed by atoms with Gasteiger partial charge in [-0.25, -0.2) is 14.4 Å². The van der Waals surface area contributed by atoms with Crippen molar-refractivity contribution in [3.63, 3.8) is 0 Å². The third kappa shape index (κ3) is 59.1. The Hall–Kier alpha value is -3.43. The van der Waals surface area contributed by atoms with Crippen LogP contribution in [0, 0.1) is 0 Å². The molecule has 4 N–H and O–H groups in total. The lowest BCUT2D eigenvalue weighted by Gasteiger charge is -2.28. The Morgan fingerprint density at radius 1 is 0.402 bits per heavy atom. The first-order chi connectivity index (χ1) is 44.1. The van der Waals surface area contributed by atoms with Gasteiger partial charge in [0.15, 0.2) is 0 Å². The lowest BCUT2D eigenvalue weighted by atomic mass is 10.2. The number of hydrogen-bond donors (Lipinski definition) is 3. The van der Waals surface area contributed by atoms with Crippen LogP contribution in [0.1, 0.15) is 161 Å². The van der Waals surface area contributed by atoms with Crippen LogP contribution in [0.3, 0.4) is 0 Å². The lowest BCUT2D eigenvalue weighted by molar-refractivity contribution is -0.152. The molecule has 0 amide bonds. The second kappa shape index (κ2) is 71.9. The minimum atomic E-state index is -2.70. The fraction of sp³-hybridized carbons (Fsp3) is 0.836. The quantitative estimate of drug-likeness (QED) is 0.0168. The first-order valence-electron chi connectivity index (χ1n) is 32.7. The summed E-state index contributed by atoms with van der Waals surface area (Å²) in [6.45, 7) is 36.2. The van der Waals surface area contributed by atoms with Crippen LogP contribution in [0.5, 0.6) is 0 Å². The standard InChI is InChI=1S/C17H35NO7Si.C13H29NO5Si.C9H23NO3Si.C8H12O4.C7H18O3Si.C7H12O2/c1-6-21-16(19)14-15(17(20)22-7-2)18-12-11-13-26(23-8-3,24-9-4)25-10-5;1-5-6-11-19-13(15)8-10-14-9-7-12-20(16-2,17-3)18-4;1-4-11-14(12-5-2,13-6-3)9-7-8-10;1-3-11-7(9)5-6-8(10)12-4-2;1-5-6-7-11(8-2,9-3)10-4;1-3-5-6-9-7(8)4-2/h15,18H,6-14H2,1-5H3;14H,5-12H2,1-4H3;4-10H2,1-3H3;5-6H,3-4H2,1-2H3;5-7H2,1-4H3;4H,2-3,5-6H2,1H3/b;;;6-5-;;. The molecular formula is C61H129N3O24Si4. The number of ether oxygens (including phenoxy) is 6. The van der Waals surface area contributed by atoms with Crippen molar-refractivity contribution in [3.8, 4) is 0 Å². The Bertz CT molecular complexity index is 1690. The number of esters is 6. The summed E-state index contributed by atoms with van der Waals surface area (Å²) in [7, 11) is -0.0168. The van der Waals surface area contributed by atoms with Crippen LogP contribution in [0.15, 0.2) is 24.8 Å². The third-order valence-corrected chi connectivity index (χ3v) is 23.8. The van der Waals surface area contributed by atoms with Gasteiger partial charge in [0.05, 0.1) is 52.5 Å². The molecule has 0 bridgehead atoms. The van der Waals surface area contributed by atoms with Crippen molar-refractivity contribution >= 4 is 71.0 Å². The van der Waals surface area contributed by atoms with E-state index in [0.29, 0.717) is 105 Å². The number of rotatable bonds is 52. The van der Waals surface area contributed by atoms with Crippen LogP contribution in [-0.2, 0) is 110 Å². The van der Waals surface area contributed by atoms with Crippen LogP contribution in [0.25, 0.3) is 0 Å². The molecule has 0 aromatic heterocycles. The summed E-state index contributed by atoms with van der Waals surface area (Å²) in [5.74, 6) is -2.43. The van der Waals surface area contributed by atoms with Gasteiger partial charge in [0.1, 0.15) is 6.04 Å². The molecule has 27 nitrogen and oxygen atoms in total. The molecule has 0 aliphatic carbocycles. The highest BCUT2D eigenvalue weighted by Gasteiger charge is 2.41. The molecule has 31 heteroatoms. The van der Waals surface area contributed by atoms with E-state index >= 15 is 0 Å². The van der Waals surface area contributed by atoms with E-state index in [1.807, 2.05) is 48.5 Å².